The van der Waals surface area contributed by atoms with E-state index in [1.165, 1.54) is 12.4 Å². The van der Waals surface area contributed by atoms with Gasteiger partial charge in [0.15, 0.2) is 12.4 Å². The molecule has 0 unspecified atom stereocenters. The number of alkyl halides is 3. The van der Waals surface area contributed by atoms with Gasteiger partial charge < -0.3 is 30.5 Å². The Morgan fingerprint density at radius 2 is 1.88 bits per heavy atom. The first-order valence-electron chi connectivity index (χ1n) is 12.6. The number of rotatable bonds is 9. The molecule has 1 aliphatic heterocycles. The van der Waals surface area contributed by atoms with Crippen LogP contribution in [0, 0.1) is 0 Å². The Hall–Kier alpha value is -3.58. The minimum Gasteiger partial charge on any atom is -0.466 e. The fourth-order valence-electron chi connectivity index (χ4n) is 4.37. The highest BCUT2D eigenvalue weighted by atomic mass is 35.5. The number of anilines is 6. The largest absolute Gasteiger partial charge is 0.466 e. The average molecular weight is 580 g/mol. The fraction of sp³-hybridized carbons (Fsp3) is 0.462. The summed E-state index contributed by atoms with van der Waals surface area (Å²) >= 11 is 6.31. The molecular formula is C26H33ClF3N9O. The molecule has 1 aliphatic rings. The molecule has 0 aliphatic carbocycles. The first kappa shape index (κ1) is 29.4. The molecule has 0 bridgehead atoms. The highest BCUT2D eigenvalue weighted by Crippen LogP contribution is 2.43. The SMILES string of the molecule is CN(C)CCN(C)c1nc(OCC(F)(F)F)c(Nc2ncnc(N3CCC(C)(C)c4ccc(Cl)cc43)n2)cc1N. The lowest BCUT2D eigenvalue weighted by Crippen LogP contribution is -2.35. The zero-order chi connectivity index (χ0) is 29.2. The van der Waals surface area contributed by atoms with Gasteiger partial charge in [-0.3, -0.25) is 0 Å². The van der Waals surface area contributed by atoms with Gasteiger partial charge in [0.25, 0.3) is 0 Å². The molecule has 0 amide bonds. The summed E-state index contributed by atoms with van der Waals surface area (Å²) in [6, 6.07) is 7.18. The minimum absolute atomic E-state index is 0.0695. The molecule has 0 spiro atoms. The first-order chi connectivity index (χ1) is 18.7. The van der Waals surface area contributed by atoms with E-state index in [2.05, 4.69) is 39.1 Å². The van der Waals surface area contributed by atoms with E-state index in [1.807, 2.05) is 42.1 Å². The summed E-state index contributed by atoms with van der Waals surface area (Å²) in [6.07, 6.45) is -2.39. The number of nitrogen functional groups attached to an aromatic ring is 1. The van der Waals surface area contributed by atoms with E-state index in [4.69, 9.17) is 22.1 Å². The molecule has 0 radical (unpaired) electrons. The number of halogens is 4. The lowest BCUT2D eigenvalue weighted by Gasteiger charge is -2.39. The topological polar surface area (TPSA) is 109 Å². The molecule has 2 aromatic heterocycles. The Bertz CT molecular complexity index is 1350. The molecule has 3 aromatic rings. The predicted octanol–water partition coefficient (Wildman–Crippen LogP) is 5.00. The monoisotopic (exact) mass is 579 g/mol. The van der Waals surface area contributed by atoms with E-state index in [0.717, 1.165) is 17.7 Å². The number of ether oxygens (including phenoxy) is 1. The third-order valence-corrected chi connectivity index (χ3v) is 6.83. The summed E-state index contributed by atoms with van der Waals surface area (Å²) in [6.45, 7) is 4.67. The van der Waals surface area contributed by atoms with Crippen LogP contribution in [0.5, 0.6) is 5.88 Å². The molecule has 0 atom stereocenters. The van der Waals surface area contributed by atoms with E-state index >= 15 is 0 Å². The number of hydrogen-bond donors (Lipinski definition) is 2. The van der Waals surface area contributed by atoms with Gasteiger partial charge in [-0.15, -0.1) is 0 Å². The maximum absolute atomic E-state index is 13.0. The van der Waals surface area contributed by atoms with Gasteiger partial charge in [0.2, 0.25) is 17.8 Å². The maximum Gasteiger partial charge on any atom is 0.422 e. The molecule has 0 saturated carbocycles. The zero-order valence-electron chi connectivity index (χ0n) is 23.1. The molecule has 14 heteroatoms. The van der Waals surface area contributed by atoms with Gasteiger partial charge in [0.05, 0.1) is 5.69 Å². The van der Waals surface area contributed by atoms with Crippen LogP contribution in [-0.2, 0) is 5.41 Å². The van der Waals surface area contributed by atoms with Gasteiger partial charge in [-0.1, -0.05) is 31.5 Å². The summed E-state index contributed by atoms with van der Waals surface area (Å²) in [7, 11) is 5.58. The van der Waals surface area contributed by atoms with Crippen LogP contribution in [0.3, 0.4) is 0 Å². The van der Waals surface area contributed by atoms with Crippen LogP contribution in [0.2, 0.25) is 5.02 Å². The number of aromatic nitrogens is 4. The Kier molecular flexibility index (Phi) is 8.45. The number of nitrogens with zero attached hydrogens (tertiary/aromatic N) is 7. The molecule has 0 saturated heterocycles. The molecule has 10 nitrogen and oxygen atoms in total. The summed E-state index contributed by atoms with van der Waals surface area (Å²) in [5.74, 6) is 0.461. The van der Waals surface area contributed by atoms with Crippen molar-refractivity contribution in [1.82, 2.24) is 24.8 Å². The highest BCUT2D eigenvalue weighted by molar-refractivity contribution is 6.30. The molecule has 0 fully saturated rings. The van der Waals surface area contributed by atoms with Crippen molar-refractivity contribution in [2.75, 3.05) is 68.2 Å². The fourth-order valence-corrected chi connectivity index (χ4v) is 4.53. The van der Waals surface area contributed by atoms with E-state index in [9.17, 15) is 13.2 Å². The van der Waals surface area contributed by atoms with Crippen molar-refractivity contribution in [3.8, 4) is 5.88 Å². The van der Waals surface area contributed by atoms with Crippen molar-refractivity contribution in [2.24, 2.45) is 0 Å². The number of nitrogens with two attached hydrogens (primary N) is 1. The Morgan fingerprint density at radius 1 is 1.12 bits per heavy atom. The second kappa shape index (κ2) is 11.5. The maximum atomic E-state index is 13.0. The Morgan fingerprint density at radius 3 is 2.58 bits per heavy atom. The molecule has 3 N–H and O–H groups in total. The molecule has 216 valence electrons. The Labute approximate surface area is 236 Å². The molecule has 4 rings (SSSR count). The smallest absolute Gasteiger partial charge is 0.422 e. The molecular weight excluding hydrogens is 547 g/mol. The number of likely N-dealkylation sites (N-methyl/N-ethyl adjacent to an activating group) is 2. The minimum atomic E-state index is -4.56. The number of nitrogens with one attached hydrogen (secondary N) is 1. The highest BCUT2D eigenvalue weighted by Gasteiger charge is 2.33. The standard InChI is InChI=1S/C26H33ClF3N9O/c1-25(2)8-9-39(20-12-16(27)6-7-17(20)25)24-33-15-32-23(36-24)34-19-13-18(31)21(38(5)11-10-37(3)4)35-22(19)40-14-26(28,29)30/h6-7,12-13,15H,8-11,14,31H2,1-5H3,(H,32,33,34,36). The molecule has 3 heterocycles. The molecule has 40 heavy (non-hydrogen) atoms. The summed E-state index contributed by atoms with van der Waals surface area (Å²) in [5.41, 5.74) is 8.52. The van der Waals surface area contributed by atoms with Crippen LogP contribution in [0.4, 0.5) is 47.9 Å². The number of benzene rings is 1. The van der Waals surface area contributed by atoms with Crippen LogP contribution in [-0.4, -0.2) is 78.4 Å². The second-order valence-electron chi connectivity index (χ2n) is 10.6. The van der Waals surface area contributed by atoms with Crippen molar-refractivity contribution in [2.45, 2.75) is 31.9 Å². The second-order valence-corrected chi connectivity index (χ2v) is 11.0. The van der Waals surface area contributed by atoms with Gasteiger partial charge in [0.1, 0.15) is 12.0 Å². The van der Waals surface area contributed by atoms with Crippen molar-refractivity contribution < 1.29 is 17.9 Å². The number of hydrogen-bond acceptors (Lipinski definition) is 10. The van der Waals surface area contributed by atoms with Crippen LogP contribution in [0.1, 0.15) is 25.8 Å². The van der Waals surface area contributed by atoms with Gasteiger partial charge in [-0.25, -0.2) is 9.97 Å². The Balaban J connectivity index is 1.66. The van der Waals surface area contributed by atoms with Crippen LogP contribution < -0.4 is 25.6 Å². The van der Waals surface area contributed by atoms with E-state index in [-0.39, 0.29) is 28.6 Å². The van der Waals surface area contributed by atoms with Gasteiger partial charge in [-0.05, 0) is 49.7 Å². The average Bonchev–Trinajstić information content (AvgIpc) is 2.86. The van der Waals surface area contributed by atoms with Crippen molar-refractivity contribution in [1.29, 1.82) is 0 Å². The third kappa shape index (κ3) is 6.94. The van der Waals surface area contributed by atoms with Crippen molar-refractivity contribution in [3.63, 3.8) is 0 Å². The van der Waals surface area contributed by atoms with Crippen LogP contribution in [0.25, 0.3) is 0 Å². The van der Waals surface area contributed by atoms with Gasteiger partial charge >= 0.3 is 6.18 Å². The quantitative estimate of drug-likeness (QED) is 0.359. The summed E-state index contributed by atoms with van der Waals surface area (Å²) in [5, 5.41) is 3.50. The number of pyridine rings is 1. The van der Waals surface area contributed by atoms with Crippen LogP contribution >= 0.6 is 11.6 Å². The van der Waals surface area contributed by atoms with Gasteiger partial charge in [0, 0.05) is 37.4 Å². The predicted molar refractivity (Wildman–Crippen MR) is 151 cm³/mol. The van der Waals surface area contributed by atoms with E-state index < -0.39 is 12.8 Å². The molecule has 1 aromatic carbocycles. The van der Waals surface area contributed by atoms with Gasteiger partial charge in [-0.2, -0.15) is 23.1 Å². The van der Waals surface area contributed by atoms with Crippen LogP contribution in [0.15, 0.2) is 30.6 Å². The first-order valence-corrected chi connectivity index (χ1v) is 13.0. The lowest BCUT2D eigenvalue weighted by molar-refractivity contribution is -0.153. The van der Waals surface area contributed by atoms with Crippen molar-refractivity contribution >= 4 is 46.4 Å². The van der Waals surface area contributed by atoms with Crippen molar-refractivity contribution in [3.05, 3.63) is 41.2 Å². The lowest BCUT2D eigenvalue weighted by atomic mass is 9.78. The number of fused-ring (bicyclic) bond motifs is 1. The zero-order valence-corrected chi connectivity index (χ0v) is 23.8. The van der Waals surface area contributed by atoms with E-state index in [0.29, 0.717) is 36.4 Å². The third-order valence-electron chi connectivity index (χ3n) is 6.60. The summed E-state index contributed by atoms with van der Waals surface area (Å²) < 4.78 is 44.2. The van der Waals surface area contributed by atoms with E-state index in [1.54, 1.807) is 11.9 Å². The normalized spacial score (nSPS) is 14.7. The summed E-state index contributed by atoms with van der Waals surface area (Å²) in [4.78, 5) is 23.0.